The van der Waals surface area contributed by atoms with E-state index in [-0.39, 0.29) is 17.5 Å². The predicted octanol–water partition coefficient (Wildman–Crippen LogP) is 3.19. The molecular formula is C10H8ClF3N2. The molecule has 0 aliphatic heterocycles. The molecule has 0 aliphatic carbocycles. The third-order valence-corrected chi connectivity index (χ3v) is 1.85. The van der Waals surface area contributed by atoms with E-state index in [1.54, 1.807) is 6.92 Å². The molecule has 1 N–H and O–H groups in total. The topological polar surface area (TPSA) is 24.9 Å². The first-order chi connectivity index (χ1) is 7.43. The van der Waals surface area contributed by atoms with Gasteiger partial charge in [-0.3, -0.25) is 0 Å². The maximum absolute atomic E-state index is 12.4. The van der Waals surface area contributed by atoms with Crippen molar-refractivity contribution in [2.24, 2.45) is 0 Å². The van der Waals surface area contributed by atoms with E-state index in [1.165, 1.54) is 0 Å². The van der Waals surface area contributed by atoms with Crippen molar-refractivity contribution in [2.45, 2.75) is 13.1 Å². The van der Waals surface area contributed by atoms with Crippen molar-refractivity contribution < 1.29 is 13.2 Å². The monoisotopic (exact) mass is 248 g/mol. The molecule has 1 aromatic heterocycles. The van der Waals surface area contributed by atoms with Gasteiger partial charge in [-0.15, -0.1) is 5.92 Å². The molecule has 0 fully saturated rings. The van der Waals surface area contributed by atoms with Gasteiger partial charge in [0.05, 0.1) is 12.1 Å². The van der Waals surface area contributed by atoms with Gasteiger partial charge in [0.15, 0.2) is 0 Å². The minimum absolute atomic E-state index is 0.0579. The molecule has 1 heterocycles. The number of nitrogens with zero attached hydrogens (tertiary/aromatic N) is 1. The summed E-state index contributed by atoms with van der Waals surface area (Å²) in [6.07, 6.45) is -4.43. The van der Waals surface area contributed by atoms with Crippen LogP contribution in [0.15, 0.2) is 12.1 Å². The Hall–Kier alpha value is -1.41. The second kappa shape index (κ2) is 5.08. The lowest BCUT2D eigenvalue weighted by Crippen LogP contribution is -2.08. The maximum atomic E-state index is 12.4. The van der Waals surface area contributed by atoms with Crippen molar-refractivity contribution in [3.63, 3.8) is 0 Å². The Labute approximate surface area is 95.8 Å². The molecule has 0 spiro atoms. The third kappa shape index (κ3) is 3.63. The largest absolute Gasteiger partial charge is 0.416 e. The van der Waals surface area contributed by atoms with Crippen molar-refractivity contribution in [1.29, 1.82) is 0 Å². The smallest absolute Gasteiger partial charge is 0.359 e. The molecule has 0 radical (unpaired) electrons. The molecule has 0 saturated heterocycles. The number of hydrogen-bond acceptors (Lipinski definition) is 2. The first kappa shape index (κ1) is 12.7. The summed E-state index contributed by atoms with van der Waals surface area (Å²) >= 11 is 5.48. The fourth-order valence-corrected chi connectivity index (χ4v) is 1.18. The highest BCUT2D eigenvalue weighted by Gasteiger charge is 2.31. The lowest BCUT2D eigenvalue weighted by Gasteiger charge is -2.09. The SMILES string of the molecule is CC#CCNc1cc(C(F)(F)F)cc(Cl)n1. The average molecular weight is 249 g/mol. The van der Waals surface area contributed by atoms with Gasteiger partial charge in [0.1, 0.15) is 11.0 Å². The molecule has 1 rings (SSSR count). The molecule has 0 unspecified atom stereocenters. The van der Waals surface area contributed by atoms with Gasteiger partial charge in [-0.05, 0) is 19.1 Å². The lowest BCUT2D eigenvalue weighted by atomic mass is 10.2. The van der Waals surface area contributed by atoms with Gasteiger partial charge in [0, 0.05) is 0 Å². The highest BCUT2D eigenvalue weighted by Crippen LogP contribution is 2.31. The second-order valence-electron chi connectivity index (χ2n) is 2.84. The highest BCUT2D eigenvalue weighted by atomic mass is 35.5. The van der Waals surface area contributed by atoms with Crippen molar-refractivity contribution in [3.05, 3.63) is 22.8 Å². The van der Waals surface area contributed by atoms with Crippen LogP contribution in [-0.4, -0.2) is 11.5 Å². The Morgan fingerprint density at radius 3 is 2.69 bits per heavy atom. The van der Waals surface area contributed by atoms with E-state index in [1.807, 2.05) is 0 Å². The summed E-state index contributed by atoms with van der Waals surface area (Å²) < 4.78 is 37.2. The molecule has 1 aromatic rings. The van der Waals surface area contributed by atoms with Crippen LogP contribution in [-0.2, 0) is 6.18 Å². The average Bonchev–Trinajstić information content (AvgIpc) is 2.16. The Morgan fingerprint density at radius 2 is 2.12 bits per heavy atom. The van der Waals surface area contributed by atoms with Crippen LogP contribution in [0, 0.1) is 11.8 Å². The summed E-state index contributed by atoms with van der Waals surface area (Å²) in [5, 5.41) is 2.42. The normalized spacial score (nSPS) is 10.6. The van der Waals surface area contributed by atoms with Crippen molar-refractivity contribution in [1.82, 2.24) is 4.98 Å². The molecule has 6 heteroatoms. The number of alkyl halides is 3. The van der Waals surface area contributed by atoms with Crippen LogP contribution in [0.1, 0.15) is 12.5 Å². The third-order valence-electron chi connectivity index (χ3n) is 1.66. The van der Waals surface area contributed by atoms with E-state index in [4.69, 9.17) is 11.6 Å². The van der Waals surface area contributed by atoms with Crippen molar-refractivity contribution in [3.8, 4) is 11.8 Å². The van der Waals surface area contributed by atoms with Crippen LogP contribution in [0.5, 0.6) is 0 Å². The number of anilines is 1. The Bertz CT molecular complexity index is 432. The van der Waals surface area contributed by atoms with Crippen LogP contribution < -0.4 is 5.32 Å². The molecule has 0 saturated carbocycles. The standard InChI is InChI=1S/C10H8ClF3N2/c1-2-3-4-15-9-6-7(10(12,13)14)5-8(11)16-9/h5-6H,4H2,1H3,(H,15,16). The molecular weight excluding hydrogens is 241 g/mol. The maximum Gasteiger partial charge on any atom is 0.416 e. The van der Waals surface area contributed by atoms with Crippen molar-refractivity contribution >= 4 is 17.4 Å². The summed E-state index contributed by atoms with van der Waals surface area (Å²) in [7, 11) is 0. The Morgan fingerprint density at radius 1 is 1.44 bits per heavy atom. The van der Waals surface area contributed by atoms with Gasteiger partial charge < -0.3 is 5.32 Å². The molecule has 0 amide bonds. The van der Waals surface area contributed by atoms with Crippen LogP contribution >= 0.6 is 11.6 Å². The molecule has 0 aliphatic rings. The summed E-state index contributed by atoms with van der Waals surface area (Å²) in [6.45, 7) is 1.86. The van der Waals surface area contributed by atoms with Gasteiger partial charge in [-0.25, -0.2) is 4.98 Å². The highest BCUT2D eigenvalue weighted by molar-refractivity contribution is 6.29. The van der Waals surface area contributed by atoms with E-state index >= 15 is 0 Å². The summed E-state index contributed by atoms with van der Waals surface area (Å²) in [5.74, 6) is 5.31. The molecule has 2 nitrogen and oxygen atoms in total. The molecule has 0 bridgehead atoms. The number of nitrogens with one attached hydrogen (secondary N) is 1. The van der Waals surface area contributed by atoms with Crippen LogP contribution in [0.25, 0.3) is 0 Å². The fraction of sp³-hybridized carbons (Fsp3) is 0.300. The van der Waals surface area contributed by atoms with Crippen LogP contribution in [0.4, 0.5) is 19.0 Å². The first-order valence-electron chi connectivity index (χ1n) is 4.31. The van der Waals surface area contributed by atoms with E-state index < -0.39 is 11.7 Å². The first-order valence-corrected chi connectivity index (χ1v) is 4.69. The molecule has 0 aromatic carbocycles. The summed E-state index contributed by atoms with van der Waals surface area (Å²) in [5.41, 5.74) is -0.834. The second-order valence-corrected chi connectivity index (χ2v) is 3.23. The minimum Gasteiger partial charge on any atom is -0.359 e. The molecule has 0 atom stereocenters. The number of pyridine rings is 1. The molecule has 16 heavy (non-hydrogen) atoms. The number of halogens is 4. The van der Waals surface area contributed by atoms with E-state index in [9.17, 15) is 13.2 Å². The zero-order chi connectivity index (χ0) is 12.2. The minimum atomic E-state index is -4.43. The molecule has 86 valence electrons. The fourth-order valence-electron chi connectivity index (χ4n) is 0.974. The number of rotatable bonds is 2. The quantitative estimate of drug-likeness (QED) is 0.642. The van der Waals surface area contributed by atoms with Crippen LogP contribution in [0.3, 0.4) is 0 Å². The van der Waals surface area contributed by atoms with E-state index in [0.29, 0.717) is 0 Å². The van der Waals surface area contributed by atoms with Crippen molar-refractivity contribution in [2.75, 3.05) is 11.9 Å². The Kier molecular flexibility index (Phi) is 4.02. The lowest BCUT2D eigenvalue weighted by molar-refractivity contribution is -0.137. The van der Waals surface area contributed by atoms with Gasteiger partial charge in [-0.2, -0.15) is 13.2 Å². The number of aromatic nitrogens is 1. The Balaban J connectivity index is 2.93. The van der Waals surface area contributed by atoms with Gasteiger partial charge >= 0.3 is 6.18 Å². The summed E-state index contributed by atoms with van der Waals surface area (Å²) in [6, 6.07) is 1.67. The van der Waals surface area contributed by atoms with Gasteiger partial charge in [0.2, 0.25) is 0 Å². The van der Waals surface area contributed by atoms with Gasteiger partial charge in [-0.1, -0.05) is 17.5 Å². The van der Waals surface area contributed by atoms with E-state index in [2.05, 4.69) is 22.1 Å². The van der Waals surface area contributed by atoms with E-state index in [0.717, 1.165) is 12.1 Å². The predicted molar refractivity (Wildman–Crippen MR) is 56.2 cm³/mol. The van der Waals surface area contributed by atoms with Gasteiger partial charge in [0.25, 0.3) is 0 Å². The zero-order valence-corrected chi connectivity index (χ0v) is 9.08. The summed E-state index contributed by atoms with van der Waals surface area (Å²) in [4.78, 5) is 3.71. The zero-order valence-electron chi connectivity index (χ0n) is 8.32. The van der Waals surface area contributed by atoms with Crippen LogP contribution in [0.2, 0.25) is 5.15 Å². The number of hydrogen-bond donors (Lipinski definition) is 1.